The first-order chi connectivity index (χ1) is 15.8. The highest BCUT2D eigenvalue weighted by Crippen LogP contribution is 2.17. The van der Waals surface area contributed by atoms with Crippen molar-refractivity contribution >= 4 is 27.8 Å². The third-order valence-corrected chi connectivity index (χ3v) is 4.55. The van der Waals surface area contributed by atoms with Crippen LogP contribution in [0.3, 0.4) is 0 Å². The summed E-state index contributed by atoms with van der Waals surface area (Å²) in [6.45, 7) is 10.3. The van der Waals surface area contributed by atoms with Crippen molar-refractivity contribution in [2.75, 3.05) is 37.9 Å². The van der Waals surface area contributed by atoms with Crippen molar-refractivity contribution in [2.24, 2.45) is 0 Å². The monoisotopic (exact) mass is 494 g/mol. The Labute approximate surface area is 202 Å². The van der Waals surface area contributed by atoms with Crippen molar-refractivity contribution < 1.29 is 31.7 Å². The normalized spacial score (nSPS) is 12.3. The summed E-state index contributed by atoms with van der Waals surface area (Å²) < 4.78 is 38.1. The molecular weight excluding hydrogens is 460 g/mol. The molecule has 0 aliphatic heterocycles. The molecule has 0 fully saturated rings. The highest BCUT2D eigenvalue weighted by molar-refractivity contribution is 7.85. The molecule has 188 valence electrons. The van der Waals surface area contributed by atoms with E-state index in [1.165, 1.54) is 0 Å². The van der Waals surface area contributed by atoms with Gasteiger partial charge in [-0.2, -0.15) is 8.42 Å². The molecule has 0 unspecified atom stereocenters. The summed E-state index contributed by atoms with van der Waals surface area (Å²) in [6.07, 6.45) is 7.57. The molecule has 0 radical (unpaired) electrons. The molecule has 1 aromatic rings. The first-order valence-electron chi connectivity index (χ1n) is 10.6. The fourth-order valence-electron chi connectivity index (χ4n) is 2.43. The first kappa shape index (κ1) is 28.9. The van der Waals surface area contributed by atoms with Crippen molar-refractivity contribution in [3.05, 3.63) is 60.7 Å². The molecular formula is C24H34N2O7S. The predicted molar refractivity (Wildman–Crippen MR) is 132 cm³/mol. The summed E-state index contributed by atoms with van der Waals surface area (Å²) in [7, 11) is -3.68. The number of rotatable bonds is 12. The van der Waals surface area contributed by atoms with E-state index in [0.29, 0.717) is 18.0 Å². The Hall–Kier alpha value is -3.11. The Balaban J connectivity index is 2.74. The number of hydrogen-bond donors (Lipinski definition) is 1. The molecule has 0 aliphatic rings. The molecule has 1 aromatic carbocycles. The van der Waals surface area contributed by atoms with Gasteiger partial charge in [0.05, 0.1) is 12.9 Å². The summed E-state index contributed by atoms with van der Waals surface area (Å²) in [5.41, 5.74) is 0.632. The molecule has 1 rings (SSSR count). The van der Waals surface area contributed by atoms with Crippen LogP contribution in [0.1, 0.15) is 27.7 Å². The van der Waals surface area contributed by atoms with Crippen LogP contribution in [0.2, 0.25) is 0 Å². The smallest absolute Gasteiger partial charge is 0.410 e. The third-order valence-electron chi connectivity index (χ3n) is 3.95. The van der Waals surface area contributed by atoms with Gasteiger partial charge in [-0.1, -0.05) is 30.9 Å². The van der Waals surface area contributed by atoms with Crippen LogP contribution in [0.5, 0.6) is 5.75 Å². The van der Waals surface area contributed by atoms with Crippen LogP contribution in [0.25, 0.3) is 0 Å². The zero-order valence-electron chi connectivity index (χ0n) is 20.4. The van der Waals surface area contributed by atoms with Crippen molar-refractivity contribution in [3.8, 4) is 5.75 Å². The maximum Gasteiger partial charge on any atom is 0.410 e. The highest BCUT2D eigenvalue weighted by Gasteiger charge is 2.24. The van der Waals surface area contributed by atoms with E-state index in [0.717, 1.165) is 16.7 Å². The number of carbonyl (C=O) groups is 2. The van der Waals surface area contributed by atoms with Gasteiger partial charge >= 0.3 is 6.09 Å². The minimum atomic E-state index is -3.68. The molecule has 0 heterocycles. The lowest BCUT2D eigenvalue weighted by atomic mass is 10.2. The van der Waals surface area contributed by atoms with Crippen LogP contribution in [-0.4, -0.2) is 63.5 Å². The van der Waals surface area contributed by atoms with Crippen LogP contribution >= 0.6 is 0 Å². The van der Waals surface area contributed by atoms with Gasteiger partial charge in [0.2, 0.25) is 5.91 Å². The van der Waals surface area contributed by atoms with Crippen molar-refractivity contribution in [2.45, 2.75) is 33.3 Å². The topological polar surface area (TPSA) is 111 Å². The van der Waals surface area contributed by atoms with E-state index in [4.69, 9.17) is 9.47 Å². The van der Waals surface area contributed by atoms with Gasteiger partial charge in [-0.25, -0.2) is 4.79 Å². The van der Waals surface area contributed by atoms with E-state index < -0.39 is 27.7 Å². The van der Waals surface area contributed by atoms with Crippen LogP contribution in [0.15, 0.2) is 60.7 Å². The number of nitrogens with zero attached hydrogens (tertiary/aromatic N) is 1. The molecule has 0 aromatic heterocycles. The second-order valence-corrected chi connectivity index (χ2v) is 9.90. The van der Waals surface area contributed by atoms with Gasteiger partial charge in [-0.15, -0.1) is 0 Å². The second-order valence-electron chi connectivity index (χ2n) is 8.26. The van der Waals surface area contributed by atoms with Crippen LogP contribution in [-0.2, 0) is 23.8 Å². The minimum absolute atomic E-state index is 0.144. The first-order valence-corrected chi connectivity index (χ1v) is 12.4. The molecule has 0 aliphatic carbocycles. The van der Waals surface area contributed by atoms with Gasteiger partial charge in [0.25, 0.3) is 10.1 Å². The Kier molecular flexibility index (Phi) is 11.5. The number of nitrogens with one attached hydrogen (secondary N) is 1. The molecule has 10 heteroatoms. The lowest BCUT2D eigenvalue weighted by Gasteiger charge is -2.26. The van der Waals surface area contributed by atoms with Crippen LogP contribution in [0, 0.1) is 0 Å². The zero-order chi connectivity index (χ0) is 25.8. The minimum Gasteiger partial charge on any atom is -0.489 e. The fourth-order valence-corrected chi connectivity index (χ4v) is 2.81. The number of carbonyl (C=O) groups excluding carboxylic acids is 2. The number of ether oxygens (including phenoxy) is 2. The van der Waals surface area contributed by atoms with E-state index in [1.54, 1.807) is 51.1 Å². The standard InChI is InChI=1S/C24H34N2O7S/c1-7-9-10-19(8-2)18-31-21-13-11-20(12-14-21)25-22(27)17-26(15-16-32-34(6,29)30)23(28)33-24(3,4)5/h7-14H,2,15-18H2,1,3-6H3,(H,25,27)/b9-7-,19-10+. The van der Waals surface area contributed by atoms with Gasteiger partial charge in [0, 0.05) is 12.2 Å². The van der Waals surface area contributed by atoms with Crippen LogP contribution in [0.4, 0.5) is 10.5 Å². The average Bonchev–Trinajstić information content (AvgIpc) is 2.72. The molecule has 34 heavy (non-hydrogen) atoms. The third kappa shape index (κ3) is 12.8. The molecule has 0 bridgehead atoms. The van der Waals surface area contributed by atoms with Crippen molar-refractivity contribution in [1.29, 1.82) is 0 Å². The molecule has 2 amide bonds. The molecule has 0 spiro atoms. The van der Waals surface area contributed by atoms with Gasteiger partial charge in [-0.3, -0.25) is 13.9 Å². The predicted octanol–water partition coefficient (Wildman–Crippen LogP) is 3.91. The van der Waals surface area contributed by atoms with Gasteiger partial charge < -0.3 is 14.8 Å². The molecule has 0 atom stereocenters. The van der Waals surface area contributed by atoms with Crippen LogP contribution < -0.4 is 10.1 Å². The molecule has 1 N–H and O–H groups in total. The lowest BCUT2D eigenvalue weighted by molar-refractivity contribution is -0.117. The van der Waals surface area contributed by atoms with E-state index >= 15 is 0 Å². The van der Waals surface area contributed by atoms with E-state index in [9.17, 15) is 18.0 Å². The summed E-state index contributed by atoms with van der Waals surface area (Å²) in [6, 6.07) is 6.75. The summed E-state index contributed by atoms with van der Waals surface area (Å²) in [4.78, 5) is 26.0. The molecule has 0 saturated carbocycles. The van der Waals surface area contributed by atoms with E-state index in [-0.39, 0.29) is 19.7 Å². The zero-order valence-corrected chi connectivity index (χ0v) is 21.2. The number of benzene rings is 1. The second kappa shape index (κ2) is 13.6. The lowest BCUT2D eigenvalue weighted by Crippen LogP contribution is -2.43. The quantitative estimate of drug-likeness (QED) is 0.346. The maximum absolute atomic E-state index is 12.5. The van der Waals surface area contributed by atoms with Gasteiger partial charge in [0.1, 0.15) is 24.5 Å². The Morgan fingerprint density at radius 2 is 1.82 bits per heavy atom. The largest absolute Gasteiger partial charge is 0.489 e. The summed E-state index contributed by atoms with van der Waals surface area (Å²) in [5.74, 6) is 0.127. The average molecular weight is 495 g/mol. The number of amides is 2. The fraction of sp³-hybridized carbons (Fsp3) is 0.417. The maximum atomic E-state index is 12.5. The van der Waals surface area contributed by atoms with E-state index in [1.807, 2.05) is 25.2 Å². The highest BCUT2D eigenvalue weighted by atomic mass is 32.2. The van der Waals surface area contributed by atoms with E-state index in [2.05, 4.69) is 16.1 Å². The number of anilines is 1. The Morgan fingerprint density at radius 1 is 1.18 bits per heavy atom. The number of allylic oxidation sites excluding steroid dienone is 3. The summed E-state index contributed by atoms with van der Waals surface area (Å²) >= 11 is 0. The number of hydrogen-bond acceptors (Lipinski definition) is 7. The SMILES string of the molecule is C=C/C(=C\C=C/C)COc1ccc(NC(=O)CN(CCOS(C)(=O)=O)C(=O)OC(C)(C)C)cc1. The molecule has 0 saturated heterocycles. The molecule has 9 nitrogen and oxygen atoms in total. The van der Waals surface area contributed by atoms with Gasteiger partial charge in [0.15, 0.2) is 0 Å². The van der Waals surface area contributed by atoms with Crippen molar-refractivity contribution in [1.82, 2.24) is 4.90 Å². The van der Waals surface area contributed by atoms with Gasteiger partial charge in [-0.05, 0) is 57.5 Å². The Bertz CT molecular complexity index is 991. The van der Waals surface area contributed by atoms with Crippen molar-refractivity contribution in [3.63, 3.8) is 0 Å². The summed E-state index contributed by atoms with van der Waals surface area (Å²) in [5, 5.41) is 2.69. The Morgan fingerprint density at radius 3 is 2.35 bits per heavy atom.